The largest absolute Gasteiger partial charge is 0.426 e. The smallest absolute Gasteiger partial charge is 0.335 e. The zero-order chi connectivity index (χ0) is 100. The number of carbonyl (C=O) groups is 8. The highest BCUT2D eigenvalue weighted by Gasteiger charge is 2.60. The maximum atomic E-state index is 15.0. The molecule has 0 aliphatic heterocycles. The third-order valence-corrected chi connectivity index (χ3v) is 27.6. The highest BCUT2D eigenvalue weighted by molar-refractivity contribution is 6.03. The van der Waals surface area contributed by atoms with E-state index in [1.54, 1.807) is 84.9 Å². The molecule has 4 saturated carbocycles. The highest BCUT2D eigenvalue weighted by atomic mass is 16.5. The highest BCUT2D eigenvalue weighted by Crippen LogP contribution is 2.60. The van der Waals surface area contributed by atoms with Gasteiger partial charge in [0, 0.05) is 103 Å². The zero-order valence-corrected chi connectivity index (χ0v) is 82.3. The maximum absolute atomic E-state index is 15.0. The van der Waals surface area contributed by atoms with Gasteiger partial charge in [-0.05, 0) is 292 Å². The number of benzene rings is 12. The molecule has 4 aliphatic rings. The molecule has 16 heteroatoms. The number of esters is 4. The topological polar surface area (TPSA) is 222 Å². The summed E-state index contributed by atoms with van der Waals surface area (Å²) >= 11 is 0. The predicted molar refractivity (Wildman–Crippen MR) is 570 cm³/mol. The van der Waals surface area contributed by atoms with Crippen LogP contribution in [0.15, 0.2) is 340 Å². The maximum Gasteiger partial charge on any atom is 0.335 e. The second-order valence-corrected chi connectivity index (χ2v) is 37.7. The van der Waals surface area contributed by atoms with Crippen molar-refractivity contribution < 1.29 is 57.3 Å². The number of allylic oxidation sites excluding steroid dienone is 2. The molecule has 0 radical (unpaired) electrons. The lowest BCUT2D eigenvalue weighted by atomic mass is 9.52. The fourth-order valence-electron chi connectivity index (χ4n) is 19.7. The van der Waals surface area contributed by atoms with Crippen molar-refractivity contribution in [2.75, 3.05) is 21.3 Å². The van der Waals surface area contributed by atoms with E-state index in [2.05, 4.69) is 82.5 Å². The molecule has 4 fully saturated rings. The average molecular weight is 1910 g/mol. The van der Waals surface area contributed by atoms with Crippen LogP contribution in [0.5, 0.6) is 23.0 Å². The molecule has 4 amide bonds. The summed E-state index contributed by atoms with van der Waals surface area (Å²) in [6, 6.07) is 97.1. The molecule has 144 heavy (non-hydrogen) atoms. The van der Waals surface area contributed by atoms with Crippen molar-refractivity contribution in [3.05, 3.63) is 407 Å². The van der Waals surface area contributed by atoms with Gasteiger partial charge in [-0.15, -0.1) is 0 Å². The standard InChI is InChI=1S/C70H74N2O6.C58H50N2O6/c1-3-5-9-15-51-25-33-57(34-26-51)69(75)77-61-45-37-55(38-46-61)63-65(67(73)71-59-41-29-53(30-42-59)23-21-49-17-11-7-12-18-49)64(66(63)68(74)72-60-43-31-54(32-44-60)24-22-50-19-13-8-14-20-50)56-39-47-62(48-40-56)78-70(76)58-35-27-52(28-36-58)16-10-6-4-2;1-3-5-9-19-51(61)65-49-37-29-45(30-38-49)53-55(57(63)59-47-33-25-43(26-34-47)23-21-41-15-11-7-12-16-41)54(46-31-39-50(40-32-46)66-52(62)20-10-6-4-2)56(53)58(64)60-48-35-27-44(28-36-48)24-22-42-17-13-8-14-18-42/h7-8,11-14,17-20,29-32,37-48,51-52,57-58,63-66H,3-6,9-10,15-16,25-28,33-36H2,1-2H3,(H,71,73)(H,72,74);7-20,25-40,53-56H,3-6H2,1-2H3,(H,59,63)(H,60,64)/b;19-9+,20-10+. The first-order chi connectivity index (χ1) is 70.5. The first-order valence-corrected chi connectivity index (χ1v) is 51.0. The summed E-state index contributed by atoms with van der Waals surface area (Å²) in [5.41, 5.74) is 12.1. The summed E-state index contributed by atoms with van der Waals surface area (Å²) < 4.78 is 23.2. The number of ether oxygens (including phenoxy) is 4. The third-order valence-electron chi connectivity index (χ3n) is 27.6. The molecule has 0 unspecified atom stereocenters. The Hall–Kier alpha value is -15.9. The summed E-state index contributed by atoms with van der Waals surface area (Å²) in [6.07, 6.45) is 27.1. The van der Waals surface area contributed by atoms with E-state index >= 15 is 9.59 Å². The van der Waals surface area contributed by atoms with E-state index in [4.69, 9.17) is 18.9 Å². The second-order valence-electron chi connectivity index (χ2n) is 37.7. The SMILES string of the molecule is CCC/C=C/C(=O)Oc1ccc(C2C(C(=O)Nc3ccc(C#Cc4ccccc4)cc3)C(c3ccc(OC(=O)/C=C/CCC)cc3)C2C(=O)Nc2ccc(C#Cc3ccccc3)cc2)cc1.CCCCCC1CCC(C(=O)Oc2ccc(C3C(C(=O)Nc4ccc(C#Cc5ccccc5)cc4)C(c4ccc(OC(=O)C5CCC(CCCCC)CC5)cc4)C3C(=O)Nc3ccc(C#Cc4ccccc4)cc3)cc2)CC1. The summed E-state index contributed by atoms with van der Waals surface area (Å²) in [4.78, 5) is 112. The number of carbonyl (C=O) groups excluding carboxylic acids is 8. The average Bonchev–Trinajstić information content (AvgIpc) is 0.721. The van der Waals surface area contributed by atoms with Gasteiger partial charge in [0.2, 0.25) is 23.6 Å². The number of rotatable bonds is 32. The summed E-state index contributed by atoms with van der Waals surface area (Å²) in [6.45, 7) is 8.51. The first kappa shape index (κ1) is 103. The summed E-state index contributed by atoms with van der Waals surface area (Å²) in [5, 5.41) is 12.6. The van der Waals surface area contributed by atoms with Gasteiger partial charge in [-0.3, -0.25) is 28.8 Å². The van der Waals surface area contributed by atoms with Gasteiger partial charge >= 0.3 is 23.9 Å². The van der Waals surface area contributed by atoms with E-state index in [-0.39, 0.29) is 47.4 Å². The van der Waals surface area contributed by atoms with E-state index in [1.165, 1.54) is 63.5 Å². The molecule has 0 heterocycles. The lowest BCUT2D eigenvalue weighted by molar-refractivity contribution is -0.141. The van der Waals surface area contributed by atoms with Crippen molar-refractivity contribution in [3.8, 4) is 70.4 Å². The van der Waals surface area contributed by atoms with E-state index in [0.717, 1.165) is 144 Å². The van der Waals surface area contributed by atoms with Crippen molar-refractivity contribution in [3.63, 3.8) is 0 Å². The molecule has 728 valence electrons. The lowest BCUT2D eigenvalue weighted by Crippen LogP contribution is -2.53. The summed E-state index contributed by atoms with van der Waals surface area (Å²) in [5.74, 6) is 20.4. The van der Waals surface area contributed by atoms with Crippen LogP contribution >= 0.6 is 0 Å². The molecule has 0 atom stereocenters. The number of anilines is 4. The number of hydrogen-bond acceptors (Lipinski definition) is 12. The minimum atomic E-state index is -0.732. The molecule has 12 aromatic rings. The molecule has 16 nitrogen and oxygen atoms in total. The molecule has 0 spiro atoms. The quantitative estimate of drug-likeness (QED) is 0.0102. The van der Waals surface area contributed by atoms with E-state index in [1.807, 2.05) is 257 Å². The van der Waals surface area contributed by atoms with Crippen LogP contribution in [-0.2, 0) is 38.4 Å². The second kappa shape index (κ2) is 52.6. The van der Waals surface area contributed by atoms with Crippen LogP contribution in [-0.4, -0.2) is 47.5 Å². The van der Waals surface area contributed by atoms with Crippen LogP contribution in [0.1, 0.15) is 247 Å². The Morgan fingerprint density at radius 2 is 0.479 bits per heavy atom. The van der Waals surface area contributed by atoms with Crippen molar-refractivity contribution in [1.29, 1.82) is 0 Å². The predicted octanol–water partition coefficient (Wildman–Crippen LogP) is 26.9. The van der Waals surface area contributed by atoms with Gasteiger partial charge in [0.15, 0.2) is 0 Å². The van der Waals surface area contributed by atoms with E-state index in [0.29, 0.717) is 57.6 Å². The van der Waals surface area contributed by atoms with Gasteiger partial charge in [0.25, 0.3) is 0 Å². The summed E-state index contributed by atoms with van der Waals surface area (Å²) in [7, 11) is 0. The van der Waals surface area contributed by atoms with Crippen LogP contribution in [0.25, 0.3) is 0 Å². The Bertz CT molecular complexity index is 6220. The Labute approximate surface area is 847 Å². The molecule has 12 aromatic carbocycles. The van der Waals surface area contributed by atoms with Gasteiger partial charge in [-0.2, -0.15) is 0 Å². The third kappa shape index (κ3) is 29.2. The minimum Gasteiger partial charge on any atom is -0.426 e. The van der Waals surface area contributed by atoms with Crippen molar-refractivity contribution >= 4 is 70.3 Å². The molecule has 16 rings (SSSR count). The Kier molecular flexibility index (Phi) is 37.4. The molecule has 0 bridgehead atoms. The van der Waals surface area contributed by atoms with Gasteiger partial charge in [0.05, 0.1) is 35.5 Å². The first-order valence-electron chi connectivity index (χ1n) is 51.0. The van der Waals surface area contributed by atoms with E-state index < -0.39 is 59.3 Å². The van der Waals surface area contributed by atoms with Gasteiger partial charge < -0.3 is 40.2 Å². The number of unbranched alkanes of at least 4 members (excludes halogenated alkanes) is 6. The van der Waals surface area contributed by atoms with Gasteiger partial charge in [0.1, 0.15) is 23.0 Å². The number of amides is 4. The molecule has 0 saturated heterocycles. The van der Waals surface area contributed by atoms with Crippen LogP contribution in [0.2, 0.25) is 0 Å². The van der Waals surface area contributed by atoms with Crippen LogP contribution in [0.4, 0.5) is 22.7 Å². The van der Waals surface area contributed by atoms with E-state index in [9.17, 15) is 28.8 Å². The molecule has 4 N–H and O–H groups in total. The number of nitrogens with one attached hydrogen (secondary N) is 4. The van der Waals surface area contributed by atoms with Crippen molar-refractivity contribution in [1.82, 2.24) is 0 Å². The molecule has 0 aromatic heterocycles. The monoisotopic (exact) mass is 1910 g/mol. The fraction of sp³-hybridized carbons (Fsp3) is 0.281. The Morgan fingerprint density at radius 3 is 0.701 bits per heavy atom. The molecular formula is C128H124N4O12. The fourth-order valence-corrected chi connectivity index (χ4v) is 19.7. The lowest BCUT2D eigenvalue weighted by Gasteiger charge is -2.50. The Morgan fingerprint density at radius 1 is 0.257 bits per heavy atom. The molecule has 4 aliphatic carbocycles. The van der Waals surface area contributed by atoms with Gasteiger partial charge in [-0.1, -0.05) is 273 Å². The van der Waals surface area contributed by atoms with Crippen LogP contribution < -0.4 is 40.2 Å². The van der Waals surface area contributed by atoms with Crippen molar-refractivity contribution in [2.45, 2.75) is 180 Å². The normalized spacial score (nSPS) is 19.0. The van der Waals surface area contributed by atoms with Crippen molar-refractivity contribution in [2.24, 2.45) is 47.3 Å². The van der Waals surface area contributed by atoms with Gasteiger partial charge in [-0.25, -0.2) is 9.59 Å². The van der Waals surface area contributed by atoms with Crippen LogP contribution in [0, 0.1) is 94.7 Å². The zero-order valence-electron chi connectivity index (χ0n) is 82.3. The number of hydrogen-bond donors (Lipinski definition) is 4. The minimum absolute atomic E-state index is 0.134. The van der Waals surface area contributed by atoms with Crippen LogP contribution in [0.3, 0.4) is 0 Å². The Balaban J connectivity index is 0.000000220. The molecular weight excluding hydrogens is 1790 g/mol.